The number of anilines is 1. The Hall–Kier alpha value is -2.24. The zero-order valence-corrected chi connectivity index (χ0v) is 12.2. The highest BCUT2D eigenvalue weighted by Crippen LogP contribution is 2.34. The van der Waals surface area contributed by atoms with Crippen LogP contribution in [0.2, 0.25) is 0 Å². The first-order valence-corrected chi connectivity index (χ1v) is 7.57. The highest BCUT2D eigenvalue weighted by Gasteiger charge is 2.29. The Kier molecular flexibility index (Phi) is 4.18. The fraction of sp³-hybridized carbons (Fsp3) is 0.500. The molecule has 22 heavy (non-hydrogen) atoms. The standard InChI is InChI=1S/C16H19NO5/c18-15(10-1-3-11(4-2-10)16(19)20)17-12-5-6-13-14(9-12)22-8-7-21-13/h5-6,9-11H,1-4,7-8H2,(H,17,18)(H,19,20). The van der Waals surface area contributed by atoms with Crippen molar-refractivity contribution in [2.45, 2.75) is 25.7 Å². The molecule has 0 aromatic heterocycles. The molecule has 0 radical (unpaired) electrons. The first kappa shape index (κ1) is 14.7. The highest BCUT2D eigenvalue weighted by atomic mass is 16.6. The third-order valence-corrected chi connectivity index (χ3v) is 4.26. The molecule has 6 heteroatoms. The van der Waals surface area contributed by atoms with Crippen molar-refractivity contribution < 1.29 is 24.2 Å². The Balaban J connectivity index is 1.59. The maximum Gasteiger partial charge on any atom is 0.306 e. The Morgan fingerprint density at radius 3 is 2.32 bits per heavy atom. The molecule has 1 aromatic rings. The first-order chi connectivity index (χ1) is 10.6. The van der Waals surface area contributed by atoms with Crippen LogP contribution in [0, 0.1) is 11.8 Å². The van der Waals surface area contributed by atoms with Crippen molar-refractivity contribution in [3.8, 4) is 11.5 Å². The van der Waals surface area contributed by atoms with Crippen LogP contribution in [0.15, 0.2) is 18.2 Å². The lowest BCUT2D eigenvalue weighted by molar-refractivity contribution is -0.143. The summed E-state index contributed by atoms with van der Waals surface area (Å²) in [5.74, 6) is 0.0817. The zero-order chi connectivity index (χ0) is 15.5. The second-order valence-electron chi connectivity index (χ2n) is 5.73. The lowest BCUT2D eigenvalue weighted by Gasteiger charge is -2.25. The fourth-order valence-corrected chi connectivity index (χ4v) is 2.97. The minimum atomic E-state index is -0.759. The first-order valence-electron chi connectivity index (χ1n) is 7.57. The molecule has 1 fully saturated rings. The maximum absolute atomic E-state index is 12.3. The number of fused-ring (bicyclic) bond motifs is 1. The fourth-order valence-electron chi connectivity index (χ4n) is 2.97. The van der Waals surface area contributed by atoms with Crippen molar-refractivity contribution in [1.82, 2.24) is 0 Å². The largest absolute Gasteiger partial charge is 0.486 e. The van der Waals surface area contributed by atoms with E-state index in [4.69, 9.17) is 14.6 Å². The molecule has 1 aliphatic carbocycles. The summed E-state index contributed by atoms with van der Waals surface area (Å²) >= 11 is 0. The van der Waals surface area contributed by atoms with E-state index < -0.39 is 5.97 Å². The van der Waals surface area contributed by atoms with Crippen LogP contribution in [0.1, 0.15) is 25.7 Å². The SMILES string of the molecule is O=C(O)C1CCC(C(=O)Nc2ccc3c(c2)OCCO3)CC1. The summed E-state index contributed by atoms with van der Waals surface area (Å²) < 4.78 is 10.9. The number of carbonyl (C=O) groups excluding carboxylic acids is 1. The summed E-state index contributed by atoms with van der Waals surface area (Å²) in [5, 5.41) is 11.9. The smallest absolute Gasteiger partial charge is 0.306 e. The van der Waals surface area contributed by atoms with Crippen LogP contribution in [0.5, 0.6) is 11.5 Å². The second kappa shape index (κ2) is 6.25. The molecule has 1 aromatic carbocycles. The van der Waals surface area contributed by atoms with Gasteiger partial charge in [0.15, 0.2) is 11.5 Å². The average Bonchev–Trinajstić information content (AvgIpc) is 2.55. The van der Waals surface area contributed by atoms with Crippen molar-refractivity contribution in [3.63, 3.8) is 0 Å². The molecule has 1 amide bonds. The molecule has 0 bridgehead atoms. The molecule has 0 unspecified atom stereocenters. The average molecular weight is 305 g/mol. The van der Waals surface area contributed by atoms with Gasteiger partial charge in [0.05, 0.1) is 5.92 Å². The molecule has 6 nitrogen and oxygen atoms in total. The summed E-state index contributed by atoms with van der Waals surface area (Å²) in [7, 11) is 0. The minimum absolute atomic E-state index is 0.0551. The van der Waals surface area contributed by atoms with Crippen molar-refractivity contribution in [2.75, 3.05) is 18.5 Å². The molecule has 1 saturated carbocycles. The molecule has 1 aliphatic heterocycles. The van der Waals surface area contributed by atoms with Gasteiger partial charge in [-0.1, -0.05) is 0 Å². The highest BCUT2D eigenvalue weighted by molar-refractivity contribution is 5.93. The number of ether oxygens (including phenoxy) is 2. The number of hydrogen-bond acceptors (Lipinski definition) is 4. The van der Waals surface area contributed by atoms with E-state index in [0.29, 0.717) is 56.1 Å². The van der Waals surface area contributed by atoms with E-state index in [2.05, 4.69) is 5.32 Å². The second-order valence-corrected chi connectivity index (χ2v) is 5.73. The Morgan fingerprint density at radius 2 is 1.64 bits per heavy atom. The van der Waals surface area contributed by atoms with Gasteiger partial charge >= 0.3 is 5.97 Å². The van der Waals surface area contributed by atoms with E-state index in [1.165, 1.54) is 0 Å². The summed E-state index contributed by atoms with van der Waals surface area (Å²) in [6.07, 6.45) is 2.36. The molecule has 3 rings (SSSR count). The van der Waals surface area contributed by atoms with E-state index in [9.17, 15) is 9.59 Å². The number of rotatable bonds is 3. The van der Waals surface area contributed by atoms with Crippen molar-refractivity contribution in [1.29, 1.82) is 0 Å². The van der Waals surface area contributed by atoms with Crippen LogP contribution < -0.4 is 14.8 Å². The number of amides is 1. The molecular formula is C16H19NO5. The predicted molar refractivity (Wildman–Crippen MR) is 79.1 cm³/mol. The maximum atomic E-state index is 12.3. The molecule has 0 atom stereocenters. The molecule has 118 valence electrons. The monoisotopic (exact) mass is 305 g/mol. The number of benzene rings is 1. The van der Waals surface area contributed by atoms with Gasteiger partial charge in [0.25, 0.3) is 0 Å². The lowest BCUT2D eigenvalue weighted by atomic mass is 9.81. The minimum Gasteiger partial charge on any atom is -0.486 e. The topological polar surface area (TPSA) is 84.9 Å². The van der Waals surface area contributed by atoms with Gasteiger partial charge in [-0.05, 0) is 37.8 Å². The molecule has 0 saturated heterocycles. The van der Waals surface area contributed by atoms with Crippen molar-refractivity contribution in [3.05, 3.63) is 18.2 Å². The van der Waals surface area contributed by atoms with E-state index >= 15 is 0 Å². The number of hydrogen-bond donors (Lipinski definition) is 2. The molecule has 2 N–H and O–H groups in total. The van der Waals surface area contributed by atoms with Gasteiger partial charge in [0, 0.05) is 17.7 Å². The van der Waals surface area contributed by atoms with E-state index in [1.807, 2.05) is 0 Å². The van der Waals surface area contributed by atoms with Crippen LogP contribution >= 0.6 is 0 Å². The molecule has 1 heterocycles. The molecule has 0 spiro atoms. The van der Waals surface area contributed by atoms with Gasteiger partial charge in [-0.2, -0.15) is 0 Å². The van der Waals surface area contributed by atoms with Crippen LogP contribution in [0.25, 0.3) is 0 Å². The lowest BCUT2D eigenvalue weighted by Crippen LogP contribution is -2.29. The van der Waals surface area contributed by atoms with Gasteiger partial charge in [-0.3, -0.25) is 9.59 Å². The quantitative estimate of drug-likeness (QED) is 0.895. The van der Waals surface area contributed by atoms with Gasteiger partial charge in [-0.25, -0.2) is 0 Å². The number of nitrogens with one attached hydrogen (secondary N) is 1. The predicted octanol–water partition coefficient (Wildman–Crippen LogP) is 2.29. The zero-order valence-electron chi connectivity index (χ0n) is 12.2. The number of carbonyl (C=O) groups is 2. The Morgan fingerprint density at radius 1 is 1.00 bits per heavy atom. The Bertz CT molecular complexity index is 578. The summed E-state index contributed by atoms with van der Waals surface area (Å²) in [6.45, 7) is 1.04. The van der Waals surface area contributed by atoms with Crippen molar-refractivity contribution in [2.24, 2.45) is 11.8 Å². The molecule has 2 aliphatic rings. The third kappa shape index (κ3) is 3.16. The van der Waals surface area contributed by atoms with Gasteiger partial charge in [0.1, 0.15) is 13.2 Å². The van der Waals surface area contributed by atoms with E-state index in [0.717, 1.165) is 0 Å². The number of carboxylic acids is 1. The van der Waals surface area contributed by atoms with Gasteiger partial charge in [0.2, 0.25) is 5.91 Å². The van der Waals surface area contributed by atoms with E-state index in [-0.39, 0.29) is 17.7 Å². The molecular weight excluding hydrogens is 286 g/mol. The van der Waals surface area contributed by atoms with Crippen LogP contribution in [-0.4, -0.2) is 30.2 Å². The normalized spacial score (nSPS) is 23.6. The van der Waals surface area contributed by atoms with Gasteiger partial charge < -0.3 is 19.9 Å². The van der Waals surface area contributed by atoms with Crippen molar-refractivity contribution >= 4 is 17.6 Å². The number of aliphatic carboxylic acids is 1. The van der Waals surface area contributed by atoms with Crippen LogP contribution in [0.3, 0.4) is 0 Å². The van der Waals surface area contributed by atoms with Gasteiger partial charge in [-0.15, -0.1) is 0 Å². The Labute approximate surface area is 128 Å². The number of carboxylic acid groups (broad SMARTS) is 1. The summed E-state index contributed by atoms with van der Waals surface area (Å²) in [5.41, 5.74) is 0.676. The third-order valence-electron chi connectivity index (χ3n) is 4.26. The summed E-state index contributed by atoms with van der Waals surface area (Å²) in [6, 6.07) is 5.33. The van der Waals surface area contributed by atoms with E-state index in [1.54, 1.807) is 18.2 Å². The van der Waals surface area contributed by atoms with Crippen LogP contribution in [-0.2, 0) is 9.59 Å². The van der Waals surface area contributed by atoms with Crippen LogP contribution in [0.4, 0.5) is 5.69 Å². The summed E-state index contributed by atoms with van der Waals surface area (Å²) in [4.78, 5) is 23.2.